The van der Waals surface area contributed by atoms with Gasteiger partial charge in [0, 0.05) is 0 Å². The van der Waals surface area contributed by atoms with Crippen LogP contribution in [0, 0.1) is 0 Å². The first-order chi connectivity index (χ1) is 13.6. The van der Waals surface area contributed by atoms with E-state index in [4.69, 9.17) is 39.6 Å². The molecule has 0 bridgehead atoms. The summed E-state index contributed by atoms with van der Waals surface area (Å²) in [7, 11) is 0. The van der Waals surface area contributed by atoms with Crippen molar-refractivity contribution < 1.29 is 14.7 Å². The first-order valence-electron chi connectivity index (χ1n) is 8.81. The van der Waals surface area contributed by atoms with Crippen LogP contribution in [0.4, 0.5) is 0 Å². The minimum atomic E-state index is -0.907. The van der Waals surface area contributed by atoms with Crippen LogP contribution in [0.1, 0.15) is 36.9 Å². The largest absolute Gasteiger partial charge is 0.481 e. The molecular weight excluding hydrogens is 398 g/mol. The van der Waals surface area contributed by atoms with Gasteiger partial charge in [-0.1, -0.05) is 49.2 Å². The monoisotopic (exact) mass is 421 g/mol. The molecule has 10 N–H and O–H groups in total. The number of carboxylic acids is 1. The molecule has 0 radical (unpaired) electrons. The van der Waals surface area contributed by atoms with E-state index in [0.29, 0.717) is 12.0 Å². The fraction of sp³-hybridized carbons (Fsp3) is 0.278. The van der Waals surface area contributed by atoms with Gasteiger partial charge in [-0.25, -0.2) is 9.89 Å². The molecule has 1 atom stereocenters. The molecule has 0 saturated heterocycles. The van der Waals surface area contributed by atoms with Crippen molar-refractivity contribution in [3.8, 4) is 0 Å². The minimum absolute atomic E-state index is 0.0255. The molecule has 1 aliphatic rings. The maximum Gasteiger partial charge on any atom is 0.307 e. The number of nitrogens with two attached hydrogens (primary N) is 4. The Hall–Kier alpha value is -3.40. The van der Waals surface area contributed by atoms with E-state index in [1.54, 1.807) is 24.3 Å². The number of rotatable bonds is 7. The lowest BCUT2D eigenvalue weighted by Crippen LogP contribution is -2.49. The number of amides is 1. The van der Waals surface area contributed by atoms with Crippen LogP contribution in [0.25, 0.3) is 0 Å². The van der Waals surface area contributed by atoms with Crippen LogP contribution >= 0.6 is 11.6 Å². The van der Waals surface area contributed by atoms with E-state index in [1.807, 2.05) is 6.92 Å². The van der Waals surface area contributed by atoms with Gasteiger partial charge in [0.2, 0.25) is 5.96 Å². The SMILES string of the molecule is CCCC(N=C(N)N1C(N)=C(Cl)NC(C(N)=O)=C1N)c1ccc(CC(=O)O)cc1. The third kappa shape index (κ3) is 5.11. The number of benzene rings is 1. The second-order valence-electron chi connectivity index (χ2n) is 6.39. The zero-order valence-electron chi connectivity index (χ0n) is 15.9. The molecule has 1 aromatic carbocycles. The molecule has 11 heteroatoms. The van der Waals surface area contributed by atoms with Crippen molar-refractivity contribution in [3.63, 3.8) is 0 Å². The number of aliphatic carboxylic acids is 1. The number of hydrogen-bond acceptors (Lipinski definition) is 6. The Morgan fingerprint density at radius 1 is 1.21 bits per heavy atom. The molecule has 1 heterocycles. The normalized spacial score (nSPS) is 15.9. The number of carbonyl (C=O) groups excluding carboxylic acids is 1. The smallest absolute Gasteiger partial charge is 0.307 e. The number of hydrogen-bond donors (Lipinski definition) is 6. The van der Waals surface area contributed by atoms with Gasteiger partial charge >= 0.3 is 5.97 Å². The highest BCUT2D eigenvalue weighted by Crippen LogP contribution is 2.26. The van der Waals surface area contributed by atoms with Gasteiger partial charge in [-0.3, -0.25) is 9.59 Å². The van der Waals surface area contributed by atoms with Crippen molar-refractivity contribution in [1.29, 1.82) is 0 Å². The van der Waals surface area contributed by atoms with E-state index in [-0.39, 0.29) is 40.9 Å². The van der Waals surface area contributed by atoms with Crippen molar-refractivity contribution in [2.45, 2.75) is 32.2 Å². The Labute approximate surface area is 172 Å². The average Bonchev–Trinajstić information content (AvgIpc) is 2.64. The van der Waals surface area contributed by atoms with Gasteiger partial charge in [-0.2, -0.15) is 0 Å². The summed E-state index contributed by atoms with van der Waals surface area (Å²) in [5.74, 6) is -1.94. The molecule has 1 aliphatic heterocycles. The van der Waals surface area contributed by atoms with Gasteiger partial charge in [-0.15, -0.1) is 0 Å². The van der Waals surface area contributed by atoms with Crippen LogP contribution in [-0.2, 0) is 16.0 Å². The second kappa shape index (κ2) is 9.20. The van der Waals surface area contributed by atoms with Gasteiger partial charge in [0.25, 0.3) is 5.91 Å². The molecule has 0 spiro atoms. The Morgan fingerprint density at radius 3 is 2.34 bits per heavy atom. The topological polar surface area (TPSA) is 186 Å². The van der Waals surface area contributed by atoms with Crippen molar-refractivity contribution >= 4 is 29.4 Å². The number of carbonyl (C=O) groups is 2. The van der Waals surface area contributed by atoms with Crippen molar-refractivity contribution in [2.24, 2.45) is 27.9 Å². The summed E-state index contributed by atoms with van der Waals surface area (Å²) in [6.45, 7) is 1.99. The van der Waals surface area contributed by atoms with Crippen LogP contribution in [0.15, 0.2) is 51.8 Å². The summed E-state index contributed by atoms with van der Waals surface area (Å²) in [4.78, 5) is 28.1. The predicted molar refractivity (Wildman–Crippen MR) is 110 cm³/mol. The maximum absolute atomic E-state index is 11.6. The Balaban J connectivity index is 2.39. The van der Waals surface area contributed by atoms with Gasteiger partial charge in [-0.05, 0) is 17.5 Å². The summed E-state index contributed by atoms with van der Waals surface area (Å²) >= 11 is 6.03. The fourth-order valence-electron chi connectivity index (χ4n) is 2.84. The predicted octanol–water partition coefficient (Wildman–Crippen LogP) is 0.312. The highest BCUT2D eigenvalue weighted by Gasteiger charge is 2.29. The molecule has 10 nitrogen and oxygen atoms in total. The standard InChI is InChI=1S/C18H24ClN7O3/c1-2-3-11(10-6-4-9(5-7-10)8-12(27)28)24-18(23)26-15(20)13(17(22)29)25-14(19)16(26)21/h4-7,11,25H,2-3,8,20-21H2,1H3,(H2,22,29)(H2,23,24)(H,27,28). The zero-order valence-corrected chi connectivity index (χ0v) is 16.6. The Kier molecular flexibility index (Phi) is 6.94. The number of carboxylic acid groups (broad SMARTS) is 1. The second-order valence-corrected chi connectivity index (χ2v) is 6.77. The lowest BCUT2D eigenvalue weighted by molar-refractivity contribution is -0.136. The van der Waals surface area contributed by atoms with Crippen molar-refractivity contribution in [2.75, 3.05) is 0 Å². The summed E-state index contributed by atoms with van der Waals surface area (Å²) in [5, 5.41) is 11.4. The molecular formula is C18H24ClN7O3. The molecule has 0 saturated carbocycles. The molecule has 1 unspecified atom stereocenters. The van der Waals surface area contributed by atoms with Crippen molar-refractivity contribution in [1.82, 2.24) is 10.2 Å². The fourth-order valence-corrected chi connectivity index (χ4v) is 3.02. The van der Waals surface area contributed by atoms with E-state index >= 15 is 0 Å². The number of aliphatic imine (C=N–C) groups is 1. The van der Waals surface area contributed by atoms with E-state index in [9.17, 15) is 9.59 Å². The average molecular weight is 422 g/mol. The molecule has 2 rings (SSSR count). The quantitative estimate of drug-likeness (QED) is 0.206. The minimum Gasteiger partial charge on any atom is -0.481 e. The molecule has 0 fully saturated rings. The lowest BCUT2D eigenvalue weighted by atomic mass is 10.0. The van der Waals surface area contributed by atoms with E-state index in [0.717, 1.165) is 16.9 Å². The highest BCUT2D eigenvalue weighted by molar-refractivity contribution is 6.30. The number of halogens is 1. The van der Waals surface area contributed by atoms with Gasteiger partial charge in [0.05, 0.1) is 12.5 Å². The molecule has 29 heavy (non-hydrogen) atoms. The first kappa shape index (κ1) is 21.9. The molecule has 156 valence electrons. The van der Waals surface area contributed by atoms with E-state index < -0.39 is 11.9 Å². The van der Waals surface area contributed by atoms with Crippen LogP contribution in [-0.4, -0.2) is 27.8 Å². The van der Waals surface area contributed by atoms with Crippen LogP contribution in [0.3, 0.4) is 0 Å². The number of primary amides is 1. The summed E-state index contributed by atoms with van der Waals surface area (Å²) in [6.07, 6.45) is 1.40. The number of nitrogens with one attached hydrogen (secondary N) is 1. The Morgan fingerprint density at radius 2 is 1.83 bits per heavy atom. The third-order valence-electron chi connectivity index (χ3n) is 4.24. The van der Waals surface area contributed by atoms with Gasteiger partial charge < -0.3 is 33.4 Å². The first-order valence-corrected chi connectivity index (χ1v) is 9.19. The summed E-state index contributed by atoms with van der Waals surface area (Å²) in [6, 6.07) is 6.71. The highest BCUT2D eigenvalue weighted by atomic mass is 35.5. The van der Waals surface area contributed by atoms with E-state index in [2.05, 4.69) is 10.3 Å². The number of nitrogens with zero attached hydrogens (tertiary/aromatic N) is 2. The summed E-state index contributed by atoms with van der Waals surface area (Å²) in [5.41, 5.74) is 24.8. The lowest BCUT2D eigenvalue weighted by Gasteiger charge is -2.31. The molecule has 0 aliphatic carbocycles. The number of guanidine groups is 1. The van der Waals surface area contributed by atoms with Crippen LogP contribution in [0.2, 0.25) is 0 Å². The van der Waals surface area contributed by atoms with E-state index in [1.165, 1.54) is 0 Å². The van der Waals surface area contributed by atoms with Gasteiger partial charge in [0.1, 0.15) is 22.5 Å². The summed E-state index contributed by atoms with van der Waals surface area (Å²) < 4.78 is 0. The molecule has 1 aromatic rings. The molecule has 0 aromatic heterocycles. The Bertz CT molecular complexity index is 893. The zero-order chi connectivity index (χ0) is 21.7. The van der Waals surface area contributed by atoms with Crippen LogP contribution in [0.5, 0.6) is 0 Å². The van der Waals surface area contributed by atoms with Crippen LogP contribution < -0.4 is 28.3 Å². The third-order valence-corrected chi connectivity index (χ3v) is 4.53. The van der Waals surface area contributed by atoms with Crippen molar-refractivity contribution in [3.05, 3.63) is 57.9 Å². The maximum atomic E-state index is 11.6. The van der Waals surface area contributed by atoms with Gasteiger partial charge in [0.15, 0.2) is 0 Å². The molecule has 1 amide bonds.